The fourth-order valence-corrected chi connectivity index (χ4v) is 2.27. The highest BCUT2D eigenvalue weighted by molar-refractivity contribution is 14.1. The predicted molar refractivity (Wildman–Crippen MR) is 96.2 cm³/mol. The predicted octanol–water partition coefficient (Wildman–Crippen LogP) is 3.65. The summed E-state index contributed by atoms with van der Waals surface area (Å²) in [7, 11) is 0. The summed E-state index contributed by atoms with van der Waals surface area (Å²) >= 11 is 7.79. The minimum atomic E-state index is -0.695. The van der Waals surface area contributed by atoms with Gasteiger partial charge < -0.3 is 10.1 Å². The number of amides is 1. The Morgan fingerprint density at radius 1 is 1.21 bits per heavy atom. The number of ether oxygens (including phenoxy) is 1. The van der Waals surface area contributed by atoms with Crippen molar-refractivity contribution < 1.29 is 19.2 Å². The van der Waals surface area contributed by atoms with E-state index in [-0.39, 0.29) is 16.4 Å². The second kappa shape index (κ2) is 8.06. The number of carbonyl (C=O) groups is 2. The Morgan fingerprint density at radius 2 is 1.88 bits per heavy atom. The first kappa shape index (κ1) is 18.1. The van der Waals surface area contributed by atoms with Crippen molar-refractivity contribution in [1.29, 1.82) is 0 Å². The Kier molecular flexibility index (Phi) is 6.10. The Labute approximate surface area is 155 Å². The number of halogens is 2. The minimum Gasteiger partial charge on any atom is -0.452 e. The minimum absolute atomic E-state index is 0.0280. The highest BCUT2D eigenvalue weighted by Gasteiger charge is 2.17. The third kappa shape index (κ3) is 4.90. The van der Waals surface area contributed by atoms with Gasteiger partial charge in [0.2, 0.25) is 0 Å². The van der Waals surface area contributed by atoms with Gasteiger partial charge in [-0.2, -0.15) is 0 Å². The van der Waals surface area contributed by atoms with E-state index in [0.717, 1.165) is 9.64 Å². The Hall–Kier alpha value is -2.20. The molecule has 0 atom stereocenters. The van der Waals surface area contributed by atoms with Gasteiger partial charge in [-0.1, -0.05) is 11.6 Å². The summed E-state index contributed by atoms with van der Waals surface area (Å²) in [5.41, 5.74) is -0.0692. The van der Waals surface area contributed by atoms with Crippen LogP contribution in [0, 0.1) is 13.7 Å². The lowest BCUT2D eigenvalue weighted by Gasteiger charge is -2.07. The molecule has 0 spiro atoms. The number of esters is 1. The summed E-state index contributed by atoms with van der Waals surface area (Å²) in [5, 5.41) is 13.4. The zero-order valence-corrected chi connectivity index (χ0v) is 14.9. The second-order valence-corrected chi connectivity index (χ2v) is 6.23. The van der Waals surface area contributed by atoms with Crippen molar-refractivity contribution in [3.05, 3.63) is 66.7 Å². The van der Waals surface area contributed by atoms with Crippen molar-refractivity contribution in [2.24, 2.45) is 0 Å². The maximum Gasteiger partial charge on any atom is 0.338 e. The fourth-order valence-electron chi connectivity index (χ4n) is 1.75. The molecule has 0 aliphatic heterocycles. The van der Waals surface area contributed by atoms with Crippen LogP contribution in [0.1, 0.15) is 10.4 Å². The maximum atomic E-state index is 11.8. The van der Waals surface area contributed by atoms with E-state index >= 15 is 0 Å². The van der Waals surface area contributed by atoms with Gasteiger partial charge in [-0.3, -0.25) is 14.9 Å². The van der Waals surface area contributed by atoms with Gasteiger partial charge in [0.1, 0.15) is 5.69 Å². The number of rotatable bonds is 5. The first-order valence-electron chi connectivity index (χ1n) is 6.53. The summed E-state index contributed by atoms with van der Waals surface area (Å²) in [5.74, 6) is -1.36. The molecular formula is C15H10ClIN2O5. The van der Waals surface area contributed by atoms with E-state index in [9.17, 15) is 19.7 Å². The molecule has 0 bridgehead atoms. The number of nitrogens with one attached hydrogen (secondary N) is 1. The summed E-state index contributed by atoms with van der Waals surface area (Å²) in [6.07, 6.45) is 0. The maximum absolute atomic E-state index is 11.8. The van der Waals surface area contributed by atoms with Crippen LogP contribution in [-0.4, -0.2) is 23.4 Å². The monoisotopic (exact) mass is 460 g/mol. The molecule has 0 aliphatic carbocycles. The molecule has 0 fully saturated rings. The van der Waals surface area contributed by atoms with Crippen LogP contribution in [-0.2, 0) is 9.53 Å². The summed E-state index contributed by atoms with van der Waals surface area (Å²) in [4.78, 5) is 33.9. The van der Waals surface area contributed by atoms with Gasteiger partial charge in [-0.15, -0.1) is 0 Å². The zero-order chi connectivity index (χ0) is 17.7. The van der Waals surface area contributed by atoms with Crippen LogP contribution in [0.25, 0.3) is 0 Å². The van der Waals surface area contributed by atoms with Gasteiger partial charge in [0.05, 0.1) is 10.5 Å². The molecule has 0 aliphatic rings. The van der Waals surface area contributed by atoms with E-state index in [2.05, 4.69) is 27.9 Å². The van der Waals surface area contributed by atoms with Gasteiger partial charge in [-0.05, 0) is 59.0 Å². The average Bonchev–Trinajstić information content (AvgIpc) is 2.54. The largest absolute Gasteiger partial charge is 0.452 e. The van der Waals surface area contributed by atoms with Crippen LogP contribution in [0.4, 0.5) is 11.4 Å². The average molecular weight is 461 g/mol. The Morgan fingerprint density at radius 3 is 2.50 bits per heavy atom. The SMILES string of the molecule is O=C(COC(=O)c1ccc(I)cc1)Nc1ccc(Cl)cc1[N+](=O)[O-]. The standard InChI is InChI=1S/C15H10ClIN2O5/c16-10-3-6-12(13(7-10)19(22)23)18-14(20)8-24-15(21)9-1-4-11(17)5-2-9/h1-7H,8H2,(H,18,20). The fraction of sp³-hybridized carbons (Fsp3) is 0.0667. The van der Waals surface area contributed by atoms with Crippen LogP contribution in [0.5, 0.6) is 0 Å². The lowest BCUT2D eigenvalue weighted by Crippen LogP contribution is -2.21. The molecule has 2 aromatic carbocycles. The van der Waals surface area contributed by atoms with E-state index in [4.69, 9.17) is 16.3 Å². The summed E-state index contributed by atoms with van der Waals surface area (Å²) in [6.45, 7) is -0.565. The summed E-state index contributed by atoms with van der Waals surface area (Å²) < 4.78 is 5.83. The van der Waals surface area contributed by atoms with E-state index in [1.165, 1.54) is 12.1 Å². The second-order valence-electron chi connectivity index (χ2n) is 4.55. The number of carbonyl (C=O) groups excluding carboxylic acids is 2. The van der Waals surface area contributed by atoms with Crippen molar-refractivity contribution in [3.8, 4) is 0 Å². The number of hydrogen-bond donors (Lipinski definition) is 1. The molecule has 0 saturated carbocycles. The summed E-state index contributed by atoms with van der Waals surface area (Å²) in [6, 6.07) is 10.4. The topological polar surface area (TPSA) is 98.5 Å². The van der Waals surface area contributed by atoms with E-state index < -0.39 is 23.4 Å². The molecule has 1 N–H and O–H groups in total. The van der Waals surface area contributed by atoms with Crippen molar-refractivity contribution in [2.45, 2.75) is 0 Å². The molecule has 0 radical (unpaired) electrons. The normalized spacial score (nSPS) is 10.1. The number of anilines is 1. The van der Waals surface area contributed by atoms with Crippen LogP contribution in [0.15, 0.2) is 42.5 Å². The molecular weight excluding hydrogens is 451 g/mol. The molecule has 9 heteroatoms. The molecule has 24 heavy (non-hydrogen) atoms. The van der Waals surface area contributed by atoms with Crippen LogP contribution in [0.2, 0.25) is 5.02 Å². The Balaban J connectivity index is 1.98. The number of hydrogen-bond acceptors (Lipinski definition) is 5. The van der Waals surface area contributed by atoms with Crippen LogP contribution < -0.4 is 5.32 Å². The smallest absolute Gasteiger partial charge is 0.338 e. The van der Waals surface area contributed by atoms with E-state index in [1.54, 1.807) is 24.3 Å². The van der Waals surface area contributed by atoms with E-state index in [0.29, 0.717) is 5.56 Å². The molecule has 124 valence electrons. The first-order chi connectivity index (χ1) is 11.4. The molecule has 0 heterocycles. The van der Waals surface area contributed by atoms with Gasteiger partial charge in [0.15, 0.2) is 6.61 Å². The lowest BCUT2D eigenvalue weighted by atomic mass is 10.2. The van der Waals surface area contributed by atoms with Gasteiger partial charge in [-0.25, -0.2) is 4.79 Å². The van der Waals surface area contributed by atoms with Crippen LogP contribution in [0.3, 0.4) is 0 Å². The number of nitro benzene ring substituents is 1. The lowest BCUT2D eigenvalue weighted by molar-refractivity contribution is -0.383. The van der Waals surface area contributed by atoms with Crippen molar-refractivity contribution in [2.75, 3.05) is 11.9 Å². The number of benzene rings is 2. The molecule has 2 rings (SSSR count). The highest BCUT2D eigenvalue weighted by atomic mass is 127. The third-order valence-electron chi connectivity index (χ3n) is 2.84. The molecule has 0 aromatic heterocycles. The van der Waals surface area contributed by atoms with Gasteiger partial charge >= 0.3 is 5.97 Å². The Bertz CT molecular complexity index is 795. The molecule has 7 nitrogen and oxygen atoms in total. The molecule has 1 amide bonds. The third-order valence-corrected chi connectivity index (χ3v) is 3.80. The van der Waals surface area contributed by atoms with Crippen LogP contribution >= 0.6 is 34.2 Å². The molecule has 0 unspecified atom stereocenters. The van der Waals surface area contributed by atoms with Gasteiger partial charge in [0, 0.05) is 14.7 Å². The van der Waals surface area contributed by atoms with Gasteiger partial charge in [0.25, 0.3) is 11.6 Å². The zero-order valence-electron chi connectivity index (χ0n) is 12.0. The number of nitro groups is 1. The molecule has 2 aromatic rings. The van der Waals surface area contributed by atoms with Crippen molar-refractivity contribution >= 4 is 57.4 Å². The molecule has 0 saturated heterocycles. The highest BCUT2D eigenvalue weighted by Crippen LogP contribution is 2.27. The van der Waals surface area contributed by atoms with E-state index in [1.807, 2.05) is 0 Å². The first-order valence-corrected chi connectivity index (χ1v) is 7.99. The van der Waals surface area contributed by atoms with Crippen molar-refractivity contribution in [3.63, 3.8) is 0 Å². The van der Waals surface area contributed by atoms with Crippen molar-refractivity contribution in [1.82, 2.24) is 0 Å². The number of nitrogens with zero attached hydrogens (tertiary/aromatic N) is 1. The quantitative estimate of drug-likeness (QED) is 0.318.